The number of esters is 1. The number of hydrogen-bond acceptors (Lipinski definition) is 5. The molecule has 1 saturated heterocycles. The molecule has 3 amide bonds. The summed E-state index contributed by atoms with van der Waals surface area (Å²) in [5, 5.41) is 2.47. The van der Waals surface area contributed by atoms with E-state index in [2.05, 4.69) is 10.1 Å². The van der Waals surface area contributed by atoms with Crippen molar-refractivity contribution in [3.05, 3.63) is 0 Å². The van der Waals surface area contributed by atoms with Crippen LogP contribution in [0.4, 0.5) is 0 Å². The van der Waals surface area contributed by atoms with E-state index in [1.54, 1.807) is 18.9 Å². The Morgan fingerprint density at radius 2 is 1.78 bits per heavy atom. The van der Waals surface area contributed by atoms with Gasteiger partial charge in [-0.3, -0.25) is 19.2 Å². The van der Waals surface area contributed by atoms with Crippen LogP contribution in [0, 0.1) is 0 Å². The van der Waals surface area contributed by atoms with Crippen molar-refractivity contribution in [3.63, 3.8) is 0 Å². The summed E-state index contributed by atoms with van der Waals surface area (Å²) in [6.07, 6.45) is -0.275. The first-order valence-corrected chi connectivity index (χ1v) is 7.54. The minimum absolute atomic E-state index is 0.168. The number of amides is 3. The van der Waals surface area contributed by atoms with E-state index in [0.29, 0.717) is 0 Å². The lowest BCUT2D eigenvalue weighted by Gasteiger charge is -2.47. The Balaban J connectivity index is 3.07. The molecule has 1 rings (SSSR count). The number of nitrogens with one attached hydrogen (secondary N) is 1. The molecule has 0 aromatic heterocycles. The molecule has 130 valence electrons. The van der Waals surface area contributed by atoms with Gasteiger partial charge in [-0.25, -0.2) is 0 Å². The van der Waals surface area contributed by atoms with Crippen LogP contribution in [0.5, 0.6) is 0 Å². The molecule has 4 unspecified atom stereocenters. The van der Waals surface area contributed by atoms with Crippen LogP contribution in [0.15, 0.2) is 0 Å². The largest absolute Gasteiger partial charge is 0.469 e. The van der Waals surface area contributed by atoms with Crippen molar-refractivity contribution in [1.29, 1.82) is 0 Å². The molecule has 8 heteroatoms. The predicted octanol–water partition coefficient (Wildman–Crippen LogP) is -0.480. The van der Waals surface area contributed by atoms with Crippen LogP contribution in [0.25, 0.3) is 0 Å². The fraction of sp³-hybridized carbons (Fsp3) is 0.733. The van der Waals surface area contributed by atoms with E-state index < -0.39 is 29.9 Å². The molecule has 0 bridgehead atoms. The van der Waals surface area contributed by atoms with Gasteiger partial charge in [0.15, 0.2) is 0 Å². The van der Waals surface area contributed by atoms with E-state index in [0.717, 1.165) is 0 Å². The first-order valence-electron chi connectivity index (χ1n) is 7.54. The Kier molecular flexibility index (Phi) is 6.12. The number of ether oxygens (including phenoxy) is 1. The van der Waals surface area contributed by atoms with Gasteiger partial charge in [0, 0.05) is 26.1 Å². The third-order valence-corrected chi connectivity index (χ3v) is 4.40. The molecular formula is C15H25N3O5. The van der Waals surface area contributed by atoms with Crippen LogP contribution in [0.1, 0.15) is 34.1 Å². The Labute approximate surface area is 136 Å². The molecule has 0 aromatic carbocycles. The average Bonchev–Trinajstić information content (AvgIpc) is 2.49. The van der Waals surface area contributed by atoms with Gasteiger partial charge in [-0.2, -0.15) is 0 Å². The average molecular weight is 327 g/mol. The highest BCUT2D eigenvalue weighted by atomic mass is 16.5. The van der Waals surface area contributed by atoms with Crippen LogP contribution in [0.2, 0.25) is 0 Å². The summed E-state index contributed by atoms with van der Waals surface area (Å²) in [4.78, 5) is 51.0. The van der Waals surface area contributed by atoms with Gasteiger partial charge in [0.1, 0.15) is 12.1 Å². The van der Waals surface area contributed by atoms with Crippen molar-refractivity contribution in [3.8, 4) is 0 Å². The van der Waals surface area contributed by atoms with Gasteiger partial charge in [-0.1, -0.05) is 0 Å². The minimum Gasteiger partial charge on any atom is -0.469 e. The summed E-state index contributed by atoms with van der Waals surface area (Å²) in [6.45, 7) is 6.59. The van der Waals surface area contributed by atoms with Crippen molar-refractivity contribution in [2.75, 3.05) is 14.2 Å². The molecule has 1 aliphatic heterocycles. The lowest BCUT2D eigenvalue weighted by Crippen LogP contribution is -2.67. The van der Waals surface area contributed by atoms with Crippen molar-refractivity contribution >= 4 is 23.7 Å². The number of rotatable bonds is 4. The molecule has 0 saturated carbocycles. The highest BCUT2D eigenvalue weighted by Gasteiger charge is 2.43. The van der Waals surface area contributed by atoms with Gasteiger partial charge in [0.05, 0.1) is 13.5 Å². The number of carbonyl (C=O) groups is 4. The maximum atomic E-state index is 12.8. The minimum atomic E-state index is -1.05. The maximum Gasteiger partial charge on any atom is 0.308 e. The topological polar surface area (TPSA) is 96.0 Å². The Morgan fingerprint density at radius 1 is 1.22 bits per heavy atom. The maximum absolute atomic E-state index is 12.8. The second-order valence-electron chi connectivity index (χ2n) is 5.89. The summed E-state index contributed by atoms with van der Waals surface area (Å²) in [6, 6.07) is -2.12. The van der Waals surface area contributed by atoms with Gasteiger partial charge in [-0.05, 0) is 20.8 Å². The van der Waals surface area contributed by atoms with E-state index in [9.17, 15) is 19.2 Å². The van der Waals surface area contributed by atoms with Crippen LogP contribution in [-0.2, 0) is 23.9 Å². The van der Waals surface area contributed by atoms with E-state index in [1.807, 2.05) is 13.8 Å². The molecule has 4 atom stereocenters. The molecule has 0 aromatic rings. The molecule has 0 spiro atoms. The van der Waals surface area contributed by atoms with Gasteiger partial charge in [0.25, 0.3) is 0 Å². The Morgan fingerprint density at radius 3 is 2.26 bits per heavy atom. The van der Waals surface area contributed by atoms with Gasteiger partial charge >= 0.3 is 5.97 Å². The lowest BCUT2D eigenvalue weighted by molar-refractivity contribution is -0.159. The summed E-state index contributed by atoms with van der Waals surface area (Å²) in [5.74, 6) is -1.67. The lowest BCUT2D eigenvalue weighted by atomic mass is 9.98. The number of hydrogen-bond donors (Lipinski definition) is 1. The molecule has 1 heterocycles. The van der Waals surface area contributed by atoms with Gasteiger partial charge < -0.3 is 19.9 Å². The summed E-state index contributed by atoms with van der Waals surface area (Å²) in [5.41, 5.74) is 0. The molecule has 1 fully saturated rings. The first kappa shape index (κ1) is 18.9. The quantitative estimate of drug-likeness (QED) is 0.704. The van der Waals surface area contributed by atoms with Crippen molar-refractivity contribution < 1.29 is 23.9 Å². The molecule has 0 radical (unpaired) electrons. The fourth-order valence-corrected chi connectivity index (χ4v) is 2.79. The summed E-state index contributed by atoms with van der Waals surface area (Å²) >= 11 is 0. The Bertz CT molecular complexity index is 507. The van der Waals surface area contributed by atoms with Crippen molar-refractivity contribution in [1.82, 2.24) is 15.1 Å². The second kappa shape index (κ2) is 7.43. The van der Waals surface area contributed by atoms with Crippen molar-refractivity contribution in [2.24, 2.45) is 0 Å². The normalized spacial score (nSPS) is 25.8. The first-order chi connectivity index (χ1) is 10.6. The number of carbonyl (C=O) groups excluding carboxylic acids is 4. The highest BCUT2D eigenvalue weighted by Crippen LogP contribution is 2.23. The molecule has 8 nitrogen and oxygen atoms in total. The van der Waals surface area contributed by atoms with Gasteiger partial charge in [-0.15, -0.1) is 0 Å². The van der Waals surface area contributed by atoms with E-state index >= 15 is 0 Å². The Hall–Kier alpha value is -2.12. The molecular weight excluding hydrogens is 302 g/mol. The van der Waals surface area contributed by atoms with E-state index in [1.165, 1.54) is 18.9 Å². The molecule has 1 N–H and O–H groups in total. The third kappa shape index (κ3) is 4.00. The standard InChI is InChI=1S/C15H25N3O5/c1-8-9(2)18(10(3)14(21)17(8)5)15(22)12(16-11(4)19)7-13(20)23-6/h8-10,12H,7H2,1-6H3,(H,16,19). The number of likely N-dealkylation sites (N-methyl/N-ethyl adjacent to an activating group) is 1. The monoisotopic (exact) mass is 327 g/mol. The zero-order chi connectivity index (χ0) is 17.9. The number of piperazine rings is 1. The number of nitrogens with zero attached hydrogens (tertiary/aromatic N) is 2. The summed E-state index contributed by atoms with van der Waals surface area (Å²) < 4.78 is 4.58. The van der Waals surface area contributed by atoms with E-state index in [4.69, 9.17) is 0 Å². The fourth-order valence-electron chi connectivity index (χ4n) is 2.79. The highest BCUT2D eigenvalue weighted by molar-refractivity contribution is 5.94. The van der Waals surface area contributed by atoms with E-state index in [-0.39, 0.29) is 24.4 Å². The van der Waals surface area contributed by atoms with Crippen LogP contribution < -0.4 is 5.32 Å². The molecule has 1 aliphatic rings. The van der Waals surface area contributed by atoms with Crippen molar-refractivity contribution in [2.45, 2.75) is 58.3 Å². The molecule has 23 heavy (non-hydrogen) atoms. The smallest absolute Gasteiger partial charge is 0.308 e. The van der Waals surface area contributed by atoms with Gasteiger partial charge in [0.2, 0.25) is 17.7 Å². The SMILES string of the molecule is COC(=O)CC(NC(C)=O)C(=O)N1C(C)C(=O)N(C)C(C)C1C. The molecule has 0 aliphatic carbocycles. The summed E-state index contributed by atoms with van der Waals surface area (Å²) in [7, 11) is 2.91. The zero-order valence-corrected chi connectivity index (χ0v) is 14.5. The number of methoxy groups -OCH3 is 1. The zero-order valence-electron chi connectivity index (χ0n) is 14.5. The van der Waals surface area contributed by atoms with Crippen LogP contribution in [0.3, 0.4) is 0 Å². The van der Waals surface area contributed by atoms with Crippen LogP contribution in [-0.4, -0.2) is 71.8 Å². The third-order valence-electron chi connectivity index (χ3n) is 4.40. The van der Waals surface area contributed by atoms with Crippen LogP contribution >= 0.6 is 0 Å². The predicted molar refractivity (Wildman–Crippen MR) is 82.2 cm³/mol. The second-order valence-corrected chi connectivity index (χ2v) is 5.89.